The Morgan fingerprint density at radius 2 is 1.96 bits per heavy atom. The lowest BCUT2D eigenvalue weighted by atomic mass is 10.0. The fraction of sp³-hybridized carbons (Fsp3) is 0.556. The van der Waals surface area contributed by atoms with Crippen molar-refractivity contribution in [3.8, 4) is 0 Å². The fourth-order valence-corrected chi connectivity index (χ4v) is 3.40. The number of fused-ring (bicyclic) bond motifs is 1. The molecular formula is C18H25N5O2. The first-order valence-corrected chi connectivity index (χ1v) is 8.89. The molecule has 3 rings (SSSR count). The second-order valence-corrected chi connectivity index (χ2v) is 6.93. The van der Waals surface area contributed by atoms with Crippen LogP contribution in [0.4, 0.5) is 0 Å². The SMILES string of the molecule is CC(C)[C@@H](CNC(=O)Cn1nnc2ccccc2c1=O)N1CCCC1. The number of benzene rings is 1. The number of amides is 1. The Bertz CT molecular complexity index is 795. The van der Waals surface area contributed by atoms with Crippen molar-refractivity contribution in [1.82, 2.24) is 25.2 Å². The maximum Gasteiger partial charge on any atom is 0.278 e. The van der Waals surface area contributed by atoms with E-state index in [-0.39, 0.29) is 18.0 Å². The van der Waals surface area contributed by atoms with Crippen LogP contribution in [0.25, 0.3) is 10.9 Å². The summed E-state index contributed by atoms with van der Waals surface area (Å²) in [5, 5.41) is 11.3. The fourth-order valence-electron chi connectivity index (χ4n) is 3.40. The van der Waals surface area contributed by atoms with E-state index in [4.69, 9.17) is 0 Å². The van der Waals surface area contributed by atoms with Crippen molar-refractivity contribution >= 4 is 16.8 Å². The third-order valence-corrected chi connectivity index (χ3v) is 4.81. The van der Waals surface area contributed by atoms with E-state index in [9.17, 15) is 9.59 Å². The molecule has 0 bridgehead atoms. The van der Waals surface area contributed by atoms with Gasteiger partial charge < -0.3 is 5.32 Å². The summed E-state index contributed by atoms with van der Waals surface area (Å²) >= 11 is 0. The summed E-state index contributed by atoms with van der Waals surface area (Å²) in [6.07, 6.45) is 2.44. The van der Waals surface area contributed by atoms with Gasteiger partial charge in [0.25, 0.3) is 5.56 Å². The number of carbonyl (C=O) groups excluding carboxylic acids is 1. The number of nitrogens with one attached hydrogen (secondary N) is 1. The minimum absolute atomic E-state index is 0.110. The number of hydrogen-bond donors (Lipinski definition) is 1. The van der Waals surface area contributed by atoms with E-state index in [0.717, 1.165) is 17.8 Å². The zero-order valence-corrected chi connectivity index (χ0v) is 14.8. The minimum atomic E-state index is -0.291. The predicted octanol–water partition coefficient (Wildman–Crippen LogP) is 1.03. The first-order chi connectivity index (χ1) is 12.1. The van der Waals surface area contributed by atoms with E-state index < -0.39 is 0 Å². The molecule has 0 radical (unpaired) electrons. The molecule has 2 aromatic rings. The highest BCUT2D eigenvalue weighted by Gasteiger charge is 2.25. The Hall–Kier alpha value is -2.28. The molecule has 0 unspecified atom stereocenters. The first kappa shape index (κ1) is 17.5. The Morgan fingerprint density at radius 3 is 2.68 bits per heavy atom. The van der Waals surface area contributed by atoms with E-state index in [2.05, 4.69) is 34.4 Å². The summed E-state index contributed by atoms with van der Waals surface area (Å²) in [5.41, 5.74) is 0.249. The van der Waals surface area contributed by atoms with Gasteiger partial charge in [-0.15, -0.1) is 5.10 Å². The van der Waals surface area contributed by atoms with Crippen molar-refractivity contribution in [3.05, 3.63) is 34.6 Å². The molecule has 1 N–H and O–H groups in total. The van der Waals surface area contributed by atoms with Gasteiger partial charge >= 0.3 is 0 Å². The smallest absolute Gasteiger partial charge is 0.278 e. The van der Waals surface area contributed by atoms with Crippen LogP contribution in [0.15, 0.2) is 29.1 Å². The van der Waals surface area contributed by atoms with Crippen molar-refractivity contribution in [2.45, 2.75) is 39.3 Å². The number of hydrogen-bond acceptors (Lipinski definition) is 5. The number of rotatable bonds is 6. The van der Waals surface area contributed by atoms with Gasteiger partial charge in [-0.05, 0) is 44.0 Å². The molecule has 2 heterocycles. The summed E-state index contributed by atoms with van der Waals surface area (Å²) in [5.74, 6) is 0.248. The van der Waals surface area contributed by atoms with Crippen LogP contribution in [-0.2, 0) is 11.3 Å². The average Bonchev–Trinajstić information content (AvgIpc) is 3.12. The van der Waals surface area contributed by atoms with Crippen LogP contribution in [0.2, 0.25) is 0 Å². The topological polar surface area (TPSA) is 80.1 Å². The molecule has 1 fully saturated rings. The monoisotopic (exact) mass is 343 g/mol. The van der Waals surface area contributed by atoms with Crippen molar-refractivity contribution in [3.63, 3.8) is 0 Å². The van der Waals surface area contributed by atoms with Crippen LogP contribution >= 0.6 is 0 Å². The lowest BCUT2D eigenvalue weighted by molar-refractivity contribution is -0.122. The summed E-state index contributed by atoms with van der Waals surface area (Å²) in [6, 6.07) is 7.34. The van der Waals surface area contributed by atoms with E-state index >= 15 is 0 Å². The van der Waals surface area contributed by atoms with Gasteiger partial charge in [-0.2, -0.15) is 0 Å². The van der Waals surface area contributed by atoms with Gasteiger partial charge in [0, 0.05) is 12.6 Å². The Kier molecular flexibility index (Phi) is 5.43. The lowest BCUT2D eigenvalue weighted by Gasteiger charge is -2.31. The molecule has 1 saturated heterocycles. The predicted molar refractivity (Wildman–Crippen MR) is 96.2 cm³/mol. The third-order valence-electron chi connectivity index (χ3n) is 4.81. The van der Waals surface area contributed by atoms with Crippen LogP contribution in [0.5, 0.6) is 0 Å². The third kappa shape index (κ3) is 4.04. The van der Waals surface area contributed by atoms with Crippen molar-refractivity contribution < 1.29 is 4.79 Å². The summed E-state index contributed by atoms with van der Waals surface area (Å²) in [6.45, 7) is 7.01. The zero-order valence-electron chi connectivity index (χ0n) is 14.8. The molecule has 1 aromatic carbocycles. The number of carbonyl (C=O) groups is 1. The van der Waals surface area contributed by atoms with E-state index in [1.165, 1.54) is 12.8 Å². The van der Waals surface area contributed by atoms with Crippen molar-refractivity contribution in [1.29, 1.82) is 0 Å². The van der Waals surface area contributed by atoms with Crippen LogP contribution < -0.4 is 10.9 Å². The van der Waals surface area contributed by atoms with E-state index in [0.29, 0.717) is 29.4 Å². The van der Waals surface area contributed by atoms with Crippen LogP contribution in [0, 0.1) is 5.92 Å². The molecule has 134 valence electrons. The maximum absolute atomic E-state index is 12.4. The first-order valence-electron chi connectivity index (χ1n) is 8.89. The Labute approximate surface area is 147 Å². The van der Waals surface area contributed by atoms with Crippen LogP contribution in [0.3, 0.4) is 0 Å². The zero-order chi connectivity index (χ0) is 17.8. The molecule has 0 aliphatic carbocycles. The maximum atomic E-state index is 12.4. The Balaban J connectivity index is 1.64. The molecule has 1 amide bonds. The van der Waals surface area contributed by atoms with Gasteiger partial charge in [-0.1, -0.05) is 31.2 Å². The second-order valence-electron chi connectivity index (χ2n) is 6.93. The molecule has 1 atom stereocenters. The quantitative estimate of drug-likeness (QED) is 0.847. The Morgan fingerprint density at radius 1 is 1.24 bits per heavy atom. The lowest BCUT2D eigenvalue weighted by Crippen LogP contribution is -2.46. The summed E-state index contributed by atoms with van der Waals surface area (Å²) in [4.78, 5) is 27.1. The highest BCUT2D eigenvalue weighted by Crippen LogP contribution is 2.17. The molecule has 1 aromatic heterocycles. The number of aromatic nitrogens is 3. The highest BCUT2D eigenvalue weighted by molar-refractivity contribution is 5.78. The van der Waals surface area contributed by atoms with Crippen molar-refractivity contribution in [2.75, 3.05) is 19.6 Å². The number of nitrogens with zero attached hydrogens (tertiary/aromatic N) is 4. The molecule has 7 nitrogen and oxygen atoms in total. The summed E-state index contributed by atoms with van der Waals surface area (Å²) in [7, 11) is 0. The van der Waals surface area contributed by atoms with Gasteiger partial charge in [-0.25, -0.2) is 4.68 Å². The minimum Gasteiger partial charge on any atom is -0.353 e. The van der Waals surface area contributed by atoms with Gasteiger partial charge in [0.05, 0.1) is 5.39 Å². The van der Waals surface area contributed by atoms with Gasteiger partial charge in [0.1, 0.15) is 12.1 Å². The van der Waals surface area contributed by atoms with Gasteiger partial charge in [0.2, 0.25) is 5.91 Å². The van der Waals surface area contributed by atoms with E-state index in [1.807, 2.05) is 0 Å². The molecule has 0 saturated carbocycles. The summed E-state index contributed by atoms with van der Waals surface area (Å²) < 4.78 is 1.12. The largest absolute Gasteiger partial charge is 0.353 e. The molecule has 7 heteroatoms. The van der Waals surface area contributed by atoms with Gasteiger partial charge in [-0.3, -0.25) is 14.5 Å². The van der Waals surface area contributed by atoms with Crippen LogP contribution in [-0.4, -0.2) is 51.5 Å². The molecule has 1 aliphatic rings. The van der Waals surface area contributed by atoms with Gasteiger partial charge in [0.15, 0.2) is 0 Å². The second kappa shape index (κ2) is 7.74. The molecular weight excluding hydrogens is 318 g/mol. The molecule has 1 aliphatic heterocycles. The van der Waals surface area contributed by atoms with E-state index in [1.54, 1.807) is 24.3 Å². The standard InChI is InChI=1S/C18H25N5O2/c1-13(2)16(22-9-5-6-10-22)11-19-17(24)12-23-18(25)14-7-3-4-8-15(14)20-21-23/h3-4,7-8,13,16H,5-6,9-12H2,1-2H3,(H,19,24)/t16-/m1/s1. The molecule has 25 heavy (non-hydrogen) atoms. The normalized spacial score (nSPS) is 16.4. The average molecular weight is 343 g/mol. The number of likely N-dealkylation sites (tertiary alicyclic amines) is 1. The van der Waals surface area contributed by atoms with Crippen LogP contribution in [0.1, 0.15) is 26.7 Å². The highest BCUT2D eigenvalue weighted by atomic mass is 16.2. The molecule has 0 spiro atoms. The van der Waals surface area contributed by atoms with Crippen molar-refractivity contribution in [2.24, 2.45) is 5.92 Å².